The highest BCUT2D eigenvalue weighted by atomic mass is 32.2. The predicted molar refractivity (Wildman–Crippen MR) is 113 cm³/mol. The third-order valence-electron chi connectivity index (χ3n) is 5.28. The number of thioether (sulfide) groups is 1. The van der Waals surface area contributed by atoms with Gasteiger partial charge in [0.25, 0.3) is 11.6 Å². The van der Waals surface area contributed by atoms with E-state index in [1.54, 1.807) is 0 Å². The molecule has 1 aromatic heterocycles. The summed E-state index contributed by atoms with van der Waals surface area (Å²) in [6, 6.07) is 5.57. The number of nitro benzene ring substituents is 1. The molecule has 3 rings (SSSR count). The van der Waals surface area contributed by atoms with Crippen molar-refractivity contribution in [2.45, 2.75) is 57.1 Å². The van der Waals surface area contributed by atoms with Crippen LogP contribution in [0, 0.1) is 24.0 Å². The smallest absolute Gasteiger partial charge is 0.269 e. The lowest BCUT2D eigenvalue weighted by atomic mass is 9.95. The SMILES string of the molecule is Cc1nc(SCC(=O)NNC(=O)c2ccc([N+](=O)[O-])cc2)n(C2CCCCC2)c1C. The predicted octanol–water partition coefficient (Wildman–Crippen LogP) is 3.47. The van der Waals surface area contributed by atoms with Crippen molar-refractivity contribution in [1.29, 1.82) is 0 Å². The minimum absolute atomic E-state index is 0.106. The zero-order valence-corrected chi connectivity index (χ0v) is 17.8. The van der Waals surface area contributed by atoms with E-state index in [-0.39, 0.29) is 22.9 Å². The van der Waals surface area contributed by atoms with Gasteiger partial charge in [-0.25, -0.2) is 4.98 Å². The molecule has 0 atom stereocenters. The number of nitrogens with one attached hydrogen (secondary N) is 2. The number of amides is 2. The molecule has 0 radical (unpaired) electrons. The van der Waals surface area contributed by atoms with Crippen LogP contribution in [0.2, 0.25) is 0 Å². The molecular formula is C20H25N5O4S. The summed E-state index contributed by atoms with van der Waals surface area (Å²) in [4.78, 5) is 39.1. The topological polar surface area (TPSA) is 119 Å². The van der Waals surface area contributed by atoms with Gasteiger partial charge in [-0.2, -0.15) is 0 Å². The molecule has 10 heteroatoms. The average Bonchev–Trinajstić information content (AvgIpc) is 3.04. The van der Waals surface area contributed by atoms with Crippen molar-refractivity contribution >= 4 is 29.3 Å². The van der Waals surface area contributed by atoms with Gasteiger partial charge in [0.2, 0.25) is 5.91 Å². The molecule has 1 heterocycles. The van der Waals surface area contributed by atoms with Crippen molar-refractivity contribution in [2.24, 2.45) is 0 Å². The van der Waals surface area contributed by atoms with E-state index >= 15 is 0 Å². The van der Waals surface area contributed by atoms with Crippen molar-refractivity contribution in [3.8, 4) is 0 Å². The molecule has 1 aliphatic carbocycles. The molecule has 0 spiro atoms. The molecule has 0 bridgehead atoms. The van der Waals surface area contributed by atoms with Crippen LogP contribution in [0.15, 0.2) is 29.4 Å². The zero-order chi connectivity index (χ0) is 21.7. The molecule has 0 saturated heterocycles. The van der Waals surface area contributed by atoms with Crippen LogP contribution in [-0.2, 0) is 4.79 Å². The molecule has 30 heavy (non-hydrogen) atoms. The van der Waals surface area contributed by atoms with Crippen LogP contribution in [-0.4, -0.2) is 32.0 Å². The number of nitrogens with zero attached hydrogens (tertiary/aromatic N) is 3. The minimum atomic E-state index is -0.543. The standard InChI is InChI=1S/C20H25N5O4S/c1-13-14(2)24(16-6-4-3-5-7-16)20(21-13)30-12-18(26)22-23-19(27)15-8-10-17(11-9-15)25(28)29/h8-11,16H,3-7,12H2,1-2H3,(H,22,26)(H,23,27). The van der Waals surface area contributed by atoms with Gasteiger partial charge in [-0.3, -0.25) is 30.6 Å². The van der Waals surface area contributed by atoms with E-state index in [0.717, 1.165) is 29.4 Å². The lowest BCUT2D eigenvalue weighted by Crippen LogP contribution is -2.42. The van der Waals surface area contributed by atoms with Crippen molar-refractivity contribution in [2.75, 3.05) is 5.75 Å². The maximum atomic E-state index is 12.2. The highest BCUT2D eigenvalue weighted by molar-refractivity contribution is 7.99. The summed E-state index contributed by atoms with van der Waals surface area (Å²) in [6.07, 6.45) is 5.94. The summed E-state index contributed by atoms with van der Waals surface area (Å²) in [5, 5.41) is 11.5. The molecule has 1 fully saturated rings. The fourth-order valence-corrected chi connectivity index (χ4v) is 4.53. The van der Waals surface area contributed by atoms with Gasteiger partial charge in [-0.05, 0) is 38.8 Å². The molecule has 0 unspecified atom stereocenters. The van der Waals surface area contributed by atoms with E-state index in [0.29, 0.717) is 6.04 Å². The molecule has 2 amide bonds. The quantitative estimate of drug-likeness (QED) is 0.411. The first-order chi connectivity index (χ1) is 14.4. The highest BCUT2D eigenvalue weighted by Gasteiger charge is 2.22. The number of imidazole rings is 1. The summed E-state index contributed by atoms with van der Waals surface area (Å²) in [5.74, 6) is -0.786. The van der Waals surface area contributed by atoms with Crippen LogP contribution >= 0.6 is 11.8 Å². The number of aryl methyl sites for hydroxylation is 1. The lowest BCUT2D eigenvalue weighted by molar-refractivity contribution is -0.384. The van der Waals surface area contributed by atoms with Gasteiger partial charge in [0.05, 0.1) is 16.4 Å². The second-order valence-corrected chi connectivity index (χ2v) is 8.26. The maximum Gasteiger partial charge on any atom is 0.269 e. The number of carbonyl (C=O) groups is 2. The van der Waals surface area contributed by atoms with Crippen molar-refractivity contribution in [1.82, 2.24) is 20.4 Å². The number of carbonyl (C=O) groups excluding carboxylic acids is 2. The number of benzene rings is 1. The van der Waals surface area contributed by atoms with Crippen molar-refractivity contribution in [3.63, 3.8) is 0 Å². The number of non-ortho nitro benzene ring substituents is 1. The molecule has 1 aromatic carbocycles. The fraction of sp³-hybridized carbons (Fsp3) is 0.450. The van der Waals surface area contributed by atoms with Crippen LogP contribution in [0.1, 0.15) is 59.9 Å². The lowest BCUT2D eigenvalue weighted by Gasteiger charge is -2.26. The monoisotopic (exact) mass is 431 g/mol. The maximum absolute atomic E-state index is 12.2. The molecule has 9 nitrogen and oxygen atoms in total. The van der Waals surface area contributed by atoms with Crippen molar-refractivity contribution < 1.29 is 14.5 Å². The normalized spacial score (nSPS) is 14.3. The highest BCUT2D eigenvalue weighted by Crippen LogP contribution is 2.34. The number of hydrogen-bond donors (Lipinski definition) is 2. The number of nitro groups is 1. The van der Waals surface area contributed by atoms with E-state index in [4.69, 9.17) is 0 Å². The van der Waals surface area contributed by atoms with E-state index in [9.17, 15) is 19.7 Å². The Morgan fingerprint density at radius 2 is 1.83 bits per heavy atom. The third-order valence-corrected chi connectivity index (χ3v) is 6.24. The Morgan fingerprint density at radius 3 is 2.47 bits per heavy atom. The van der Waals surface area contributed by atoms with E-state index < -0.39 is 10.8 Å². The van der Waals surface area contributed by atoms with Crippen molar-refractivity contribution in [3.05, 3.63) is 51.3 Å². The first-order valence-corrected chi connectivity index (χ1v) is 10.9. The van der Waals surface area contributed by atoms with Crippen LogP contribution in [0.4, 0.5) is 5.69 Å². The number of hydrazine groups is 1. The Kier molecular flexibility index (Phi) is 7.09. The molecule has 2 aromatic rings. The Hall–Kier alpha value is -2.88. The summed E-state index contributed by atoms with van der Waals surface area (Å²) < 4.78 is 2.25. The largest absolute Gasteiger partial charge is 0.320 e. The van der Waals surface area contributed by atoms with Crippen LogP contribution < -0.4 is 10.9 Å². The van der Waals surface area contributed by atoms with Gasteiger partial charge in [0.15, 0.2) is 5.16 Å². The minimum Gasteiger partial charge on any atom is -0.320 e. The van der Waals surface area contributed by atoms with Gasteiger partial charge < -0.3 is 4.57 Å². The van der Waals surface area contributed by atoms with Gasteiger partial charge in [-0.15, -0.1) is 0 Å². The molecule has 1 saturated carbocycles. The molecular weight excluding hydrogens is 406 g/mol. The van der Waals surface area contributed by atoms with E-state index in [2.05, 4.69) is 27.3 Å². The zero-order valence-electron chi connectivity index (χ0n) is 17.0. The third kappa shape index (κ3) is 5.18. The van der Waals surface area contributed by atoms with E-state index in [1.165, 1.54) is 55.3 Å². The first-order valence-electron chi connectivity index (χ1n) is 9.88. The number of aromatic nitrogens is 2. The fourth-order valence-electron chi connectivity index (χ4n) is 3.57. The van der Waals surface area contributed by atoms with Gasteiger partial charge in [-0.1, -0.05) is 31.0 Å². The second-order valence-electron chi connectivity index (χ2n) is 7.32. The summed E-state index contributed by atoms with van der Waals surface area (Å²) in [7, 11) is 0. The van der Waals surface area contributed by atoms with Gasteiger partial charge in [0, 0.05) is 29.4 Å². The summed E-state index contributed by atoms with van der Waals surface area (Å²) >= 11 is 1.35. The summed E-state index contributed by atoms with van der Waals surface area (Å²) in [6.45, 7) is 4.04. The Bertz CT molecular complexity index is 935. The second kappa shape index (κ2) is 9.75. The molecule has 1 aliphatic rings. The van der Waals surface area contributed by atoms with Gasteiger partial charge in [0.1, 0.15) is 0 Å². The Labute approximate surface area is 178 Å². The average molecular weight is 432 g/mol. The van der Waals surface area contributed by atoms with Crippen LogP contribution in [0.3, 0.4) is 0 Å². The van der Waals surface area contributed by atoms with E-state index in [1.807, 2.05) is 6.92 Å². The first kappa shape index (κ1) is 21.8. The van der Waals surface area contributed by atoms with Gasteiger partial charge >= 0.3 is 0 Å². The molecule has 2 N–H and O–H groups in total. The van der Waals surface area contributed by atoms with Crippen LogP contribution in [0.5, 0.6) is 0 Å². The Balaban J connectivity index is 1.54. The summed E-state index contributed by atoms with van der Waals surface area (Å²) in [5.41, 5.74) is 6.92. The number of rotatable bonds is 6. The number of hydrogen-bond acceptors (Lipinski definition) is 6. The molecule has 160 valence electrons. The molecule has 0 aliphatic heterocycles. The van der Waals surface area contributed by atoms with Crippen LogP contribution in [0.25, 0.3) is 0 Å². The Morgan fingerprint density at radius 1 is 1.17 bits per heavy atom.